The number of aromatic nitrogens is 2. The van der Waals surface area contributed by atoms with E-state index in [9.17, 15) is 12.8 Å². The number of benzene rings is 2. The first-order chi connectivity index (χ1) is 12.8. The molecule has 0 saturated heterocycles. The predicted octanol–water partition coefficient (Wildman–Crippen LogP) is 3.05. The lowest BCUT2D eigenvalue weighted by Crippen LogP contribution is -2.19. The number of hydrogen-bond donors (Lipinski definition) is 1. The number of likely N-dealkylation sites (N-methyl/N-ethyl adjacent to an activating group) is 1. The number of nitrogens with zero attached hydrogens (tertiary/aromatic N) is 3. The molecule has 0 atom stereocenters. The first kappa shape index (κ1) is 19.1. The molecule has 6 nitrogen and oxygen atoms in total. The van der Waals surface area contributed by atoms with Crippen LogP contribution in [0.5, 0.6) is 0 Å². The molecule has 27 heavy (non-hydrogen) atoms. The molecule has 0 fully saturated rings. The molecule has 3 aromatic rings. The van der Waals surface area contributed by atoms with Crippen molar-refractivity contribution >= 4 is 15.8 Å². The summed E-state index contributed by atoms with van der Waals surface area (Å²) in [4.78, 5) is 2.16. The van der Waals surface area contributed by atoms with Crippen LogP contribution in [0, 0.1) is 5.82 Å². The van der Waals surface area contributed by atoms with Gasteiger partial charge in [0.15, 0.2) is 5.82 Å². The maximum atomic E-state index is 13.3. The summed E-state index contributed by atoms with van der Waals surface area (Å²) in [7, 11) is 0.115. The van der Waals surface area contributed by atoms with Crippen LogP contribution in [0.1, 0.15) is 0 Å². The Morgan fingerprint density at radius 2 is 1.74 bits per heavy atom. The molecular weight excluding hydrogens is 367 g/mol. The third-order valence-corrected chi connectivity index (χ3v) is 5.33. The van der Waals surface area contributed by atoms with E-state index in [0.717, 1.165) is 6.54 Å². The zero-order chi connectivity index (χ0) is 19.4. The summed E-state index contributed by atoms with van der Waals surface area (Å²) in [6, 6.07) is 14.0. The summed E-state index contributed by atoms with van der Waals surface area (Å²) in [5, 5.41) is 4.40. The summed E-state index contributed by atoms with van der Waals surface area (Å²) >= 11 is 0. The molecule has 3 rings (SSSR count). The minimum atomic E-state index is -3.78. The van der Waals surface area contributed by atoms with Crippen molar-refractivity contribution < 1.29 is 12.8 Å². The summed E-state index contributed by atoms with van der Waals surface area (Å²) < 4.78 is 42.9. The summed E-state index contributed by atoms with van der Waals surface area (Å²) in [5.41, 5.74) is 1.27. The maximum Gasteiger partial charge on any atom is 0.263 e. The van der Waals surface area contributed by atoms with Gasteiger partial charge < -0.3 is 4.90 Å². The van der Waals surface area contributed by atoms with Crippen LogP contribution in [0.25, 0.3) is 11.1 Å². The molecular formula is C19H21FN4O2S. The van der Waals surface area contributed by atoms with Crippen molar-refractivity contribution in [2.24, 2.45) is 0 Å². The Kier molecular flexibility index (Phi) is 5.57. The molecule has 0 amide bonds. The molecule has 0 unspecified atom stereocenters. The molecule has 0 aliphatic carbocycles. The molecule has 1 aromatic heterocycles. The van der Waals surface area contributed by atoms with E-state index >= 15 is 0 Å². The summed E-state index contributed by atoms with van der Waals surface area (Å²) in [5.74, 6) is -0.144. The fourth-order valence-corrected chi connectivity index (χ4v) is 3.58. The van der Waals surface area contributed by atoms with E-state index in [0.29, 0.717) is 17.7 Å². The minimum Gasteiger partial charge on any atom is -0.308 e. The molecule has 0 bridgehead atoms. The van der Waals surface area contributed by atoms with Crippen LogP contribution in [0.3, 0.4) is 0 Å². The Morgan fingerprint density at radius 3 is 2.37 bits per heavy atom. The number of halogens is 1. The van der Waals surface area contributed by atoms with Crippen molar-refractivity contribution in [2.45, 2.75) is 11.4 Å². The van der Waals surface area contributed by atoms with Crippen molar-refractivity contribution in [1.29, 1.82) is 0 Å². The number of hydrogen-bond acceptors (Lipinski definition) is 4. The first-order valence-electron chi connectivity index (χ1n) is 8.41. The fourth-order valence-electron chi connectivity index (χ4n) is 2.54. The Bertz CT molecular complexity index is 1000. The number of nitrogens with one attached hydrogen (secondary N) is 1. The number of sulfonamides is 1. The molecule has 2 aromatic carbocycles. The lowest BCUT2D eigenvalue weighted by molar-refractivity contribution is 0.373. The van der Waals surface area contributed by atoms with Crippen LogP contribution < -0.4 is 4.72 Å². The van der Waals surface area contributed by atoms with Gasteiger partial charge in [-0.05, 0) is 43.9 Å². The zero-order valence-electron chi connectivity index (χ0n) is 15.1. The molecule has 142 valence electrons. The van der Waals surface area contributed by atoms with E-state index in [1.807, 2.05) is 19.0 Å². The second-order valence-electron chi connectivity index (χ2n) is 6.38. The van der Waals surface area contributed by atoms with E-state index in [1.165, 1.54) is 24.3 Å². The highest BCUT2D eigenvalue weighted by Crippen LogP contribution is 2.29. The van der Waals surface area contributed by atoms with Crippen LogP contribution in [-0.2, 0) is 16.6 Å². The Balaban J connectivity index is 1.98. The number of anilines is 1. The van der Waals surface area contributed by atoms with Gasteiger partial charge in [-0.1, -0.05) is 30.3 Å². The molecule has 1 N–H and O–H groups in total. The highest BCUT2D eigenvalue weighted by atomic mass is 32.2. The van der Waals surface area contributed by atoms with E-state index in [1.54, 1.807) is 41.2 Å². The van der Waals surface area contributed by atoms with Crippen molar-refractivity contribution in [3.8, 4) is 11.1 Å². The Hall–Kier alpha value is -2.71. The van der Waals surface area contributed by atoms with E-state index in [2.05, 4.69) is 9.82 Å². The van der Waals surface area contributed by atoms with Gasteiger partial charge in [-0.15, -0.1) is 0 Å². The van der Waals surface area contributed by atoms with Crippen molar-refractivity contribution in [3.05, 3.63) is 66.6 Å². The van der Waals surface area contributed by atoms with Crippen LogP contribution in [0.4, 0.5) is 10.2 Å². The average Bonchev–Trinajstić information content (AvgIpc) is 3.03. The van der Waals surface area contributed by atoms with Crippen molar-refractivity contribution in [1.82, 2.24) is 14.7 Å². The van der Waals surface area contributed by atoms with Gasteiger partial charge in [0, 0.05) is 18.3 Å². The molecule has 1 heterocycles. The van der Waals surface area contributed by atoms with Crippen LogP contribution >= 0.6 is 0 Å². The molecule has 0 spiro atoms. The van der Waals surface area contributed by atoms with Gasteiger partial charge in [-0.25, -0.2) is 12.8 Å². The highest BCUT2D eigenvalue weighted by Gasteiger charge is 2.19. The quantitative estimate of drug-likeness (QED) is 0.676. The second kappa shape index (κ2) is 7.89. The van der Waals surface area contributed by atoms with Crippen molar-refractivity contribution in [3.63, 3.8) is 0 Å². The smallest absolute Gasteiger partial charge is 0.263 e. The Labute approximate surface area is 158 Å². The molecule has 0 aliphatic heterocycles. The predicted molar refractivity (Wildman–Crippen MR) is 103 cm³/mol. The summed E-state index contributed by atoms with van der Waals surface area (Å²) in [6.07, 6.45) is 1.76. The van der Waals surface area contributed by atoms with Gasteiger partial charge in [-0.2, -0.15) is 5.10 Å². The Morgan fingerprint density at radius 1 is 1.07 bits per heavy atom. The third kappa shape index (κ3) is 4.72. The van der Waals surface area contributed by atoms with Gasteiger partial charge >= 0.3 is 0 Å². The van der Waals surface area contributed by atoms with Crippen LogP contribution in [0.15, 0.2) is 65.7 Å². The largest absolute Gasteiger partial charge is 0.308 e. The topological polar surface area (TPSA) is 67.2 Å². The molecule has 8 heteroatoms. The standard InChI is InChI=1S/C19H21FN4O2S/c1-23(2)12-13-24-14-18(15-8-10-16(20)11-9-15)19(21-24)22-27(25,26)17-6-4-3-5-7-17/h3-11,14H,12-13H2,1-2H3,(H,21,22). The van der Waals surface area contributed by atoms with Gasteiger partial charge in [-0.3, -0.25) is 9.40 Å². The van der Waals surface area contributed by atoms with Crippen LogP contribution in [-0.4, -0.2) is 43.7 Å². The van der Waals surface area contributed by atoms with Crippen LogP contribution in [0.2, 0.25) is 0 Å². The SMILES string of the molecule is CN(C)CCn1cc(-c2ccc(F)cc2)c(NS(=O)(=O)c2ccccc2)n1. The highest BCUT2D eigenvalue weighted by molar-refractivity contribution is 7.92. The lowest BCUT2D eigenvalue weighted by Gasteiger charge is -2.09. The average molecular weight is 388 g/mol. The van der Waals surface area contributed by atoms with E-state index in [4.69, 9.17) is 0 Å². The van der Waals surface area contributed by atoms with E-state index in [-0.39, 0.29) is 16.5 Å². The maximum absolute atomic E-state index is 13.3. The lowest BCUT2D eigenvalue weighted by atomic mass is 10.1. The van der Waals surface area contributed by atoms with Gasteiger partial charge in [0.1, 0.15) is 5.82 Å². The zero-order valence-corrected chi connectivity index (χ0v) is 15.9. The normalized spacial score (nSPS) is 11.7. The third-order valence-electron chi connectivity index (χ3n) is 3.98. The number of rotatable bonds is 7. The van der Waals surface area contributed by atoms with Gasteiger partial charge in [0.05, 0.1) is 11.4 Å². The molecule has 0 radical (unpaired) electrons. The van der Waals surface area contributed by atoms with E-state index < -0.39 is 10.0 Å². The van der Waals surface area contributed by atoms with Gasteiger partial charge in [0.2, 0.25) is 0 Å². The monoisotopic (exact) mass is 388 g/mol. The van der Waals surface area contributed by atoms with Gasteiger partial charge in [0.25, 0.3) is 10.0 Å². The minimum absolute atomic E-state index is 0.151. The fraction of sp³-hybridized carbons (Fsp3) is 0.211. The first-order valence-corrected chi connectivity index (χ1v) is 9.89. The van der Waals surface area contributed by atoms with Crippen molar-refractivity contribution in [2.75, 3.05) is 25.4 Å². The molecule has 0 saturated carbocycles. The second-order valence-corrected chi connectivity index (χ2v) is 8.07. The molecule has 0 aliphatic rings. The summed E-state index contributed by atoms with van der Waals surface area (Å²) in [6.45, 7) is 1.34.